The molecular formula is C16H12N2O. The van der Waals surface area contributed by atoms with Crippen molar-refractivity contribution in [2.45, 2.75) is 0 Å². The predicted octanol–water partition coefficient (Wildman–Crippen LogP) is 3.06. The van der Waals surface area contributed by atoms with Crippen molar-refractivity contribution in [3.8, 4) is 6.07 Å². The zero-order chi connectivity index (χ0) is 13.7. The van der Waals surface area contributed by atoms with Crippen LogP contribution in [-0.4, -0.2) is 5.78 Å². The van der Waals surface area contributed by atoms with Gasteiger partial charge in [-0.2, -0.15) is 5.26 Å². The van der Waals surface area contributed by atoms with Crippen LogP contribution in [0.3, 0.4) is 0 Å². The van der Waals surface area contributed by atoms with E-state index < -0.39 is 0 Å². The SMILES string of the molecule is N#CC(=Cc1ccccc1)C(=O)c1ccccc1N. The number of Topliss-reactive ketones (excluding diaryl/α,β-unsaturated/α-hetero) is 1. The Labute approximate surface area is 111 Å². The number of nitrogen functional groups attached to an aromatic ring is 1. The lowest BCUT2D eigenvalue weighted by atomic mass is 10.0. The van der Waals surface area contributed by atoms with Crippen molar-refractivity contribution in [2.75, 3.05) is 5.73 Å². The summed E-state index contributed by atoms with van der Waals surface area (Å²) in [6, 6.07) is 17.9. The first-order chi connectivity index (χ1) is 9.22. The number of allylic oxidation sites excluding steroid dienone is 1. The van der Waals surface area contributed by atoms with E-state index in [0.29, 0.717) is 11.3 Å². The van der Waals surface area contributed by atoms with Crippen LogP contribution in [0.2, 0.25) is 0 Å². The van der Waals surface area contributed by atoms with Crippen LogP contribution in [0.25, 0.3) is 6.08 Å². The van der Waals surface area contributed by atoms with E-state index in [4.69, 9.17) is 11.0 Å². The molecule has 0 fully saturated rings. The van der Waals surface area contributed by atoms with Crippen molar-refractivity contribution < 1.29 is 4.79 Å². The molecule has 3 heteroatoms. The number of nitriles is 1. The fraction of sp³-hybridized carbons (Fsp3) is 0. The molecule has 2 aromatic rings. The maximum Gasteiger partial charge on any atom is 0.205 e. The molecule has 0 bridgehead atoms. The van der Waals surface area contributed by atoms with Gasteiger partial charge in [0.25, 0.3) is 0 Å². The van der Waals surface area contributed by atoms with Gasteiger partial charge in [0.15, 0.2) is 0 Å². The highest BCUT2D eigenvalue weighted by Crippen LogP contribution is 2.17. The van der Waals surface area contributed by atoms with Gasteiger partial charge in [-0.3, -0.25) is 4.79 Å². The minimum absolute atomic E-state index is 0.0732. The first-order valence-electron chi connectivity index (χ1n) is 5.78. The van der Waals surface area contributed by atoms with E-state index in [0.717, 1.165) is 5.56 Å². The fourth-order valence-corrected chi connectivity index (χ4v) is 1.71. The Bertz CT molecular complexity index is 667. The van der Waals surface area contributed by atoms with E-state index in [2.05, 4.69) is 0 Å². The average molecular weight is 248 g/mol. The minimum atomic E-state index is -0.357. The number of nitrogens with zero attached hydrogens (tertiary/aromatic N) is 1. The van der Waals surface area contributed by atoms with Gasteiger partial charge in [-0.05, 0) is 23.8 Å². The summed E-state index contributed by atoms with van der Waals surface area (Å²) in [6.45, 7) is 0. The molecule has 0 aliphatic carbocycles. The zero-order valence-electron chi connectivity index (χ0n) is 10.2. The largest absolute Gasteiger partial charge is 0.398 e. The second kappa shape index (κ2) is 5.65. The zero-order valence-corrected chi connectivity index (χ0v) is 10.2. The van der Waals surface area contributed by atoms with Crippen LogP contribution in [0.15, 0.2) is 60.2 Å². The Morgan fingerprint density at radius 2 is 1.68 bits per heavy atom. The summed E-state index contributed by atoms with van der Waals surface area (Å²) >= 11 is 0. The maximum absolute atomic E-state index is 12.2. The Kier molecular flexibility index (Phi) is 3.75. The number of ketones is 1. The number of benzene rings is 2. The lowest BCUT2D eigenvalue weighted by Gasteiger charge is -2.03. The number of hydrogen-bond donors (Lipinski definition) is 1. The lowest BCUT2D eigenvalue weighted by molar-refractivity contribution is 0.104. The molecule has 0 aliphatic heterocycles. The van der Waals surface area contributed by atoms with Crippen LogP contribution in [-0.2, 0) is 0 Å². The monoisotopic (exact) mass is 248 g/mol. The van der Waals surface area contributed by atoms with Crippen molar-refractivity contribution in [1.82, 2.24) is 0 Å². The number of carbonyl (C=O) groups is 1. The van der Waals surface area contributed by atoms with E-state index in [1.54, 1.807) is 30.3 Å². The van der Waals surface area contributed by atoms with Crippen LogP contribution in [0.5, 0.6) is 0 Å². The first-order valence-corrected chi connectivity index (χ1v) is 5.78. The fourth-order valence-electron chi connectivity index (χ4n) is 1.71. The van der Waals surface area contributed by atoms with Crippen molar-refractivity contribution in [3.05, 3.63) is 71.3 Å². The van der Waals surface area contributed by atoms with Gasteiger partial charge in [0.05, 0.1) is 0 Å². The summed E-state index contributed by atoms with van der Waals surface area (Å²) in [5.74, 6) is -0.357. The molecule has 92 valence electrons. The number of anilines is 1. The normalized spacial score (nSPS) is 10.8. The topological polar surface area (TPSA) is 66.9 Å². The maximum atomic E-state index is 12.2. The Morgan fingerprint density at radius 1 is 1.05 bits per heavy atom. The molecule has 2 rings (SSSR count). The second-order valence-electron chi connectivity index (χ2n) is 4.00. The summed E-state index contributed by atoms with van der Waals surface area (Å²) in [7, 11) is 0. The molecule has 0 amide bonds. The van der Waals surface area contributed by atoms with Crippen molar-refractivity contribution in [3.63, 3.8) is 0 Å². The molecule has 0 aliphatic rings. The van der Waals surface area contributed by atoms with Crippen LogP contribution in [0, 0.1) is 11.3 Å². The van der Waals surface area contributed by atoms with E-state index in [9.17, 15) is 4.79 Å². The molecule has 3 nitrogen and oxygen atoms in total. The van der Waals surface area contributed by atoms with Gasteiger partial charge in [-0.15, -0.1) is 0 Å². The van der Waals surface area contributed by atoms with Gasteiger partial charge in [0.2, 0.25) is 5.78 Å². The molecule has 0 unspecified atom stereocenters. The highest BCUT2D eigenvalue weighted by Gasteiger charge is 2.14. The molecule has 2 N–H and O–H groups in total. The lowest BCUT2D eigenvalue weighted by Crippen LogP contribution is -2.05. The van der Waals surface area contributed by atoms with Crippen molar-refractivity contribution in [1.29, 1.82) is 5.26 Å². The Morgan fingerprint density at radius 3 is 2.32 bits per heavy atom. The van der Waals surface area contributed by atoms with Crippen molar-refractivity contribution >= 4 is 17.5 Å². The Hall–Kier alpha value is -2.86. The number of carbonyl (C=O) groups excluding carboxylic acids is 1. The van der Waals surface area contributed by atoms with Crippen LogP contribution in [0.4, 0.5) is 5.69 Å². The van der Waals surface area contributed by atoms with Crippen LogP contribution < -0.4 is 5.73 Å². The van der Waals surface area contributed by atoms with E-state index in [1.807, 2.05) is 36.4 Å². The molecule has 0 atom stereocenters. The Balaban J connectivity index is 2.39. The predicted molar refractivity (Wildman–Crippen MR) is 75.2 cm³/mol. The molecule has 0 aromatic heterocycles. The molecule has 2 aromatic carbocycles. The van der Waals surface area contributed by atoms with Gasteiger partial charge < -0.3 is 5.73 Å². The standard InChI is InChI=1S/C16H12N2O/c17-11-13(10-12-6-2-1-3-7-12)16(19)14-8-4-5-9-15(14)18/h1-10H,18H2. The molecular weight excluding hydrogens is 236 g/mol. The number of hydrogen-bond acceptors (Lipinski definition) is 3. The highest BCUT2D eigenvalue weighted by atomic mass is 16.1. The highest BCUT2D eigenvalue weighted by molar-refractivity contribution is 6.16. The number of para-hydroxylation sites is 1. The molecule has 0 spiro atoms. The van der Waals surface area contributed by atoms with E-state index in [-0.39, 0.29) is 11.4 Å². The molecule has 0 radical (unpaired) electrons. The molecule has 0 heterocycles. The smallest absolute Gasteiger partial charge is 0.205 e. The summed E-state index contributed by atoms with van der Waals surface area (Å²) in [6.07, 6.45) is 1.56. The quantitative estimate of drug-likeness (QED) is 0.393. The third kappa shape index (κ3) is 2.88. The van der Waals surface area contributed by atoms with Crippen LogP contribution >= 0.6 is 0 Å². The summed E-state index contributed by atoms with van der Waals surface area (Å²) in [5.41, 5.74) is 7.36. The third-order valence-electron chi connectivity index (χ3n) is 2.68. The summed E-state index contributed by atoms with van der Waals surface area (Å²) in [5, 5.41) is 9.13. The average Bonchev–Trinajstić information content (AvgIpc) is 2.46. The van der Waals surface area contributed by atoms with Gasteiger partial charge in [-0.1, -0.05) is 42.5 Å². The number of nitrogens with two attached hydrogens (primary N) is 1. The van der Waals surface area contributed by atoms with Gasteiger partial charge >= 0.3 is 0 Å². The van der Waals surface area contributed by atoms with Crippen LogP contribution in [0.1, 0.15) is 15.9 Å². The van der Waals surface area contributed by atoms with Gasteiger partial charge in [0, 0.05) is 11.3 Å². The molecule has 19 heavy (non-hydrogen) atoms. The van der Waals surface area contributed by atoms with Crippen molar-refractivity contribution in [2.24, 2.45) is 0 Å². The molecule has 0 saturated carbocycles. The second-order valence-corrected chi connectivity index (χ2v) is 4.00. The van der Waals surface area contributed by atoms with Gasteiger partial charge in [-0.25, -0.2) is 0 Å². The summed E-state index contributed by atoms with van der Waals surface area (Å²) in [4.78, 5) is 12.2. The minimum Gasteiger partial charge on any atom is -0.398 e. The number of rotatable bonds is 3. The first kappa shape index (κ1) is 12.6. The molecule has 0 saturated heterocycles. The van der Waals surface area contributed by atoms with E-state index >= 15 is 0 Å². The van der Waals surface area contributed by atoms with E-state index in [1.165, 1.54) is 0 Å². The van der Waals surface area contributed by atoms with Gasteiger partial charge in [0.1, 0.15) is 11.6 Å². The summed E-state index contributed by atoms with van der Waals surface area (Å²) < 4.78 is 0. The third-order valence-corrected chi connectivity index (χ3v) is 2.68.